The summed E-state index contributed by atoms with van der Waals surface area (Å²) in [4.78, 5) is 25.6. The van der Waals surface area contributed by atoms with Gasteiger partial charge in [0.1, 0.15) is 0 Å². The van der Waals surface area contributed by atoms with Crippen molar-refractivity contribution in [1.82, 2.24) is 25.6 Å². The van der Waals surface area contributed by atoms with Gasteiger partial charge in [-0.25, -0.2) is 0 Å². The zero-order valence-electron chi connectivity index (χ0n) is 23.5. The third kappa shape index (κ3) is 6.88. The van der Waals surface area contributed by atoms with Crippen LogP contribution in [0, 0.1) is 0 Å². The number of carboxylic acid groups (broad SMARTS) is 1. The molecule has 4 aliphatic heterocycles. The van der Waals surface area contributed by atoms with Gasteiger partial charge in [-0.1, -0.05) is 0 Å². The topological polar surface area (TPSA) is 101 Å². The summed E-state index contributed by atoms with van der Waals surface area (Å²) in [5.41, 5.74) is 4.24. The first-order valence-corrected chi connectivity index (χ1v) is 16.1. The molecular formula is C28H38F2IN6O4-. The van der Waals surface area contributed by atoms with Crippen molar-refractivity contribution in [2.75, 3.05) is 63.1 Å². The van der Waals surface area contributed by atoms with Crippen molar-refractivity contribution in [2.45, 2.75) is 44.6 Å². The zero-order valence-corrected chi connectivity index (χ0v) is 25.6. The number of carboxylic acids is 1. The number of aryl methyl sites for hydroxylation is 1. The van der Waals surface area contributed by atoms with Gasteiger partial charge in [0.2, 0.25) is 0 Å². The summed E-state index contributed by atoms with van der Waals surface area (Å²) in [7, 11) is 3.39. The van der Waals surface area contributed by atoms with Crippen molar-refractivity contribution in [3.63, 3.8) is 0 Å². The van der Waals surface area contributed by atoms with Crippen LogP contribution in [-0.4, -0.2) is 98.1 Å². The molecule has 0 atom stereocenters. The van der Waals surface area contributed by atoms with Crippen molar-refractivity contribution in [3.8, 4) is 0 Å². The van der Waals surface area contributed by atoms with Crippen LogP contribution in [0.2, 0.25) is 0 Å². The minimum absolute atomic E-state index is 0.0263. The third-order valence-electron chi connectivity index (χ3n) is 7.93. The first-order chi connectivity index (χ1) is 19.7. The normalized spacial score (nSPS) is 20.5. The quantitative estimate of drug-likeness (QED) is 0.260. The molecule has 0 unspecified atom stereocenters. The van der Waals surface area contributed by atoms with E-state index in [0.717, 1.165) is 63.1 Å². The molecule has 10 nitrogen and oxygen atoms in total. The van der Waals surface area contributed by atoms with Gasteiger partial charge in [-0.2, -0.15) is 0 Å². The van der Waals surface area contributed by atoms with Crippen LogP contribution in [-0.2, 0) is 16.0 Å². The third-order valence-corrected chi connectivity index (χ3v) is 11.1. The van der Waals surface area contributed by atoms with Gasteiger partial charge in [-0.15, -0.1) is 0 Å². The van der Waals surface area contributed by atoms with E-state index in [9.17, 15) is 23.5 Å². The maximum absolute atomic E-state index is 14.5. The number of alkyl halides is 2. The molecule has 226 valence electrons. The van der Waals surface area contributed by atoms with E-state index in [-0.39, 0.29) is 18.1 Å². The standard InChI is InChI=1S/C28H38F2IN6O4/c1-32-28(40)35-9-5-24(33-20-6-10-41-11-7-20)23(16-35)31-37-8-3-4-18-12-21(22(27(29)30)13-25(18)37)19-14-34(2)36(15-19)17-26(38)39/h12-13,15,20,27,33H,3-11,14,16-17H2,1-2H3,(H,32,40)(H,38,39)/q-1. The number of urea groups is 1. The van der Waals surface area contributed by atoms with Crippen molar-refractivity contribution in [1.29, 1.82) is 0 Å². The first kappa shape index (κ1) is 29.8. The zero-order chi connectivity index (χ0) is 29.1. The molecule has 0 bridgehead atoms. The number of benzene rings is 1. The number of hydrazine groups is 1. The molecule has 2 amide bonds. The molecule has 41 heavy (non-hydrogen) atoms. The Balaban J connectivity index is 1.45. The Morgan fingerprint density at radius 2 is 1.95 bits per heavy atom. The Bertz CT molecular complexity index is 1220. The van der Waals surface area contributed by atoms with Crippen LogP contribution in [0.5, 0.6) is 0 Å². The molecule has 0 aromatic heterocycles. The summed E-state index contributed by atoms with van der Waals surface area (Å²) in [6.07, 6.45) is 3.34. The molecule has 0 spiro atoms. The van der Waals surface area contributed by atoms with Crippen LogP contribution in [0.3, 0.4) is 0 Å². The number of fused-ring (bicyclic) bond motifs is 1. The summed E-state index contributed by atoms with van der Waals surface area (Å²) in [6.45, 7) is 3.56. The van der Waals surface area contributed by atoms with Gasteiger partial charge in [-0.3, -0.25) is 0 Å². The van der Waals surface area contributed by atoms with E-state index in [4.69, 9.17) is 4.74 Å². The molecule has 1 aromatic rings. The molecule has 4 heterocycles. The number of anilines is 1. The van der Waals surface area contributed by atoms with Gasteiger partial charge >= 0.3 is 251 Å². The number of hydrogen-bond acceptors (Lipinski definition) is 7. The molecule has 4 aliphatic rings. The molecule has 0 aliphatic carbocycles. The molecule has 1 saturated heterocycles. The van der Waals surface area contributed by atoms with E-state index < -0.39 is 33.9 Å². The predicted molar refractivity (Wildman–Crippen MR) is 147 cm³/mol. The molecular weight excluding hydrogens is 649 g/mol. The molecule has 0 saturated carbocycles. The second-order valence-electron chi connectivity index (χ2n) is 10.7. The monoisotopic (exact) mass is 687 g/mol. The number of ether oxygens (including phenoxy) is 1. The van der Waals surface area contributed by atoms with Crippen LogP contribution < -0.4 is 35.2 Å². The Kier molecular flexibility index (Phi) is 9.54. The molecule has 13 heteroatoms. The number of nitrogens with zero attached hydrogens (tertiary/aromatic N) is 4. The Morgan fingerprint density at radius 3 is 2.66 bits per heavy atom. The first-order valence-electron chi connectivity index (χ1n) is 14.0. The summed E-state index contributed by atoms with van der Waals surface area (Å²) >= 11 is -0.756. The maximum atomic E-state index is 14.5. The molecule has 3 N–H and O–H groups in total. The van der Waals surface area contributed by atoms with Gasteiger partial charge in [0, 0.05) is 0 Å². The average molecular weight is 688 g/mol. The number of halogens is 3. The molecule has 1 fully saturated rings. The fraction of sp³-hybridized carbons (Fsp3) is 0.571. The predicted octanol–water partition coefficient (Wildman–Crippen LogP) is -0.00600. The van der Waals surface area contributed by atoms with Crippen LogP contribution in [0.15, 0.2) is 27.6 Å². The van der Waals surface area contributed by atoms with Crippen molar-refractivity contribution < 1.29 is 49.7 Å². The van der Waals surface area contributed by atoms with E-state index >= 15 is 0 Å². The van der Waals surface area contributed by atoms with E-state index in [2.05, 4.69) is 13.7 Å². The summed E-state index contributed by atoms with van der Waals surface area (Å²) in [5.74, 6) is -0.980. The van der Waals surface area contributed by atoms with Crippen molar-refractivity contribution >= 4 is 23.3 Å². The Labute approximate surface area is 249 Å². The van der Waals surface area contributed by atoms with Crippen LogP contribution >= 0.6 is 0 Å². The number of carbonyl (C=O) groups is 2. The fourth-order valence-corrected chi connectivity index (χ4v) is 9.04. The molecule has 0 radical (unpaired) electrons. The molecule has 1 aromatic carbocycles. The van der Waals surface area contributed by atoms with Gasteiger partial charge in [0.05, 0.1) is 0 Å². The number of carbonyl (C=O) groups excluding carboxylic acids is 1. The number of aliphatic carboxylic acids is 1. The Morgan fingerprint density at radius 1 is 1.17 bits per heavy atom. The summed E-state index contributed by atoms with van der Waals surface area (Å²) < 4.78 is 38.0. The average Bonchev–Trinajstić information content (AvgIpc) is 3.32. The minimum atomic E-state index is -2.67. The van der Waals surface area contributed by atoms with Crippen LogP contribution in [0.4, 0.5) is 19.3 Å². The van der Waals surface area contributed by atoms with Gasteiger partial charge < -0.3 is 0 Å². The van der Waals surface area contributed by atoms with Crippen molar-refractivity contribution in [3.05, 3.63) is 44.3 Å². The van der Waals surface area contributed by atoms with Crippen LogP contribution in [0.1, 0.15) is 48.8 Å². The van der Waals surface area contributed by atoms with Gasteiger partial charge in [0.15, 0.2) is 0 Å². The summed E-state index contributed by atoms with van der Waals surface area (Å²) in [5, 5.41) is 19.0. The number of likely N-dealkylation sites (N-methyl/N-ethyl adjacent to an activating group) is 1. The second kappa shape index (κ2) is 13.1. The Hall–Kier alpha value is -2.65. The number of hydrogen-bond donors (Lipinski definition) is 3. The van der Waals surface area contributed by atoms with E-state index in [0.29, 0.717) is 36.8 Å². The number of rotatable bonds is 8. The summed E-state index contributed by atoms with van der Waals surface area (Å²) in [6, 6.07) is 3.78. The SMILES string of the molecule is CNC(=O)N1CCC(NC2CCOCC2)=C([I-]N2CCCc3cc(C4=CN(CC(=O)O)N(C)C4)c(C(F)F)cc32)C1. The second-order valence-corrected chi connectivity index (χ2v) is 13.7. The number of nitrogens with one attached hydrogen (secondary N) is 2. The van der Waals surface area contributed by atoms with E-state index in [1.807, 2.05) is 11.0 Å². The van der Waals surface area contributed by atoms with E-state index in [1.54, 1.807) is 36.4 Å². The fourth-order valence-electron chi connectivity index (χ4n) is 5.76. The van der Waals surface area contributed by atoms with E-state index in [1.165, 1.54) is 9.28 Å². The van der Waals surface area contributed by atoms with Crippen molar-refractivity contribution in [2.24, 2.45) is 0 Å². The van der Waals surface area contributed by atoms with Gasteiger partial charge in [0.25, 0.3) is 0 Å². The molecule has 5 rings (SSSR count). The number of amides is 2. The van der Waals surface area contributed by atoms with Crippen LogP contribution in [0.25, 0.3) is 5.57 Å². The van der Waals surface area contributed by atoms with Gasteiger partial charge in [-0.05, 0) is 0 Å².